The molecule has 1 heterocycles. The van der Waals surface area contributed by atoms with Gasteiger partial charge in [-0.15, -0.1) is 0 Å². The van der Waals surface area contributed by atoms with Crippen molar-refractivity contribution in [1.82, 2.24) is 5.32 Å². The van der Waals surface area contributed by atoms with Gasteiger partial charge in [0.05, 0.1) is 0 Å². The fourth-order valence-corrected chi connectivity index (χ4v) is 1.87. The summed E-state index contributed by atoms with van der Waals surface area (Å²) in [6, 6.07) is 9.47. The van der Waals surface area contributed by atoms with Gasteiger partial charge >= 0.3 is 0 Å². The van der Waals surface area contributed by atoms with Gasteiger partial charge in [0.1, 0.15) is 0 Å². The van der Waals surface area contributed by atoms with E-state index in [4.69, 9.17) is 0 Å². The molecule has 0 unspecified atom stereocenters. The van der Waals surface area contributed by atoms with Gasteiger partial charge in [-0.1, -0.05) is 18.2 Å². The fraction of sp³-hybridized carbons (Fsp3) is 0.455. The molecule has 1 aromatic rings. The average Bonchev–Trinajstić information content (AvgIpc) is 2.27. The summed E-state index contributed by atoms with van der Waals surface area (Å²) in [5, 5.41) is 6.98. The van der Waals surface area contributed by atoms with E-state index >= 15 is 0 Å². The third kappa shape index (κ3) is 1.68. The molecule has 2 atom stereocenters. The van der Waals surface area contributed by atoms with Crippen molar-refractivity contribution in [2.45, 2.75) is 25.9 Å². The van der Waals surface area contributed by atoms with Crippen molar-refractivity contribution < 1.29 is 0 Å². The van der Waals surface area contributed by atoms with Gasteiger partial charge in [-0.2, -0.15) is 0 Å². The fourth-order valence-electron chi connectivity index (χ4n) is 1.87. The van der Waals surface area contributed by atoms with Gasteiger partial charge < -0.3 is 10.6 Å². The molecular formula is C11H16N2. The summed E-state index contributed by atoms with van der Waals surface area (Å²) in [6.45, 7) is 5.42. The van der Waals surface area contributed by atoms with Crippen molar-refractivity contribution in [3.8, 4) is 0 Å². The van der Waals surface area contributed by atoms with Crippen LogP contribution in [0.2, 0.25) is 0 Å². The monoisotopic (exact) mass is 176 g/mol. The van der Waals surface area contributed by atoms with E-state index in [2.05, 4.69) is 48.7 Å². The number of rotatable bonds is 0. The summed E-state index contributed by atoms with van der Waals surface area (Å²) < 4.78 is 0. The quantitative estimate of drug-likeness (QED) is 0.633. The SMILES string of the molecule is C[C@@H]1CNc2ccccc2[C@H](C)N1. The van der Waals surface area contributed by atoms with E-state index in [-0.39, 0.29) is 0 Å². The first-order valence-corrected chi connectivity index (χ1v) is 4.86. The highest BCUT2D eigenvalue weighted by Gasteiger charge is 2.16. The maximum absolute atomic E-state index is 3.54. The van der Waals surface area contributed by atoms with Gasteiger partial charge in [-0.05, 0) is 25.5 Å². The molecular weight excluding hydrogens is 160 g/mol. The normalized spacial score (nSPS) is 27.2. The lowest BCUT2D eigenvalue weighted by Crippen LogP contribution is -2.31. The number of anilines is 1. The summed E-state index contributed by atoms with van der Waals surface area (Å²) in [5.41, 5.74) is 2.64. The zero-order valence-corrected chi connectivity index (χ0v) is 8.17. The Morgan fingerprint density at radius 2 is 2.00 bits per heavy atom. The average molecular weight is 176 g/mol. The second-order valence-corrected chi connectivity index (χ2v) is 3.76. The second kappa shape index (κ2) is 3.38. The van der Waals surface area contributed by atoms with Crippen LogP contribution in [0.15, 0.2) is 24.3 Å². The molecule has 2 nitrogen and oxygen atoms in total. The van der Waals surface area contributed by atoms with Crippen LogP contribution < -0.4 is 10.6 Å². The summed E-state index contributed by atoms with van der Waals surface area (Å²) >= 11 is 0. The lowest BCUT2D eigenvalue weighted by atomic mass is 10.1. The largest absolute Gasteiger partial charge is 0.383 e. The number of para-hydroxylation sites is 1. The topological polar surface area (TPSA) is 24.1 Å². The number of benzene rings is 1. The first-order chi connectivity index (χ1) is 6.27. The molecule has 13 heavy (non-hydrogen) atoms. The van der Waals surface area contributed by atoms with Crippen LogP contribution in [0.5, 0.6) is 0 Å². The minimum atomic E-state index is 0.446. The molecule has 0 saturated carbocycles. The second-order valence-electron chi connectivity index (χ2n) is 3.76. The molecule has 0 aliphatic carbocycles. The Balaban J connectivity index is 2.35. The van der Waals surface area contributed by atoms with Crippen molar-refractivity contribution in [3.63, 3.8) is 0 Å². The van der Waals surface area contributed by atoms with Gasteiger partial charge in [0.15, 0.2) is 0 Å². The molecule has 70 valence electrons. The Hall–Kier alpha value is -1.02. The lowest BCUT2D eigenvalue weighted by Gasteiger charge is -2.15. The van der Waals surface area contributed by atoms with Crippen LogP contribution in [0.25, 0.3) is 0 Å². The zero-order chi connectivity index (χ0) is 9.26. The van der Waals surface area contributed by atoms with Crippen LogP contribution in [0.4, 0.5) is 5.69 Å². The lowest BCUT2D eigenvalue weighted by molar-refractivity contribution is 0.505. The van der Waals surface area contributed by atoms with Gasteiger partial charge in [-0.3, -0.25) is 0 Å². The molecule has 0 radical (unpaired) electrons. The molecule has 0 amide bonds. The Morgan fingerprint density at radius 1 is 1.23 bits per heavy atom. The molecule has 1 aliphatic heterocycles. The van der Waals surface area contributed by atoms with Gasteiger partial charge in [0.2, 0.25) is 0 Å². The van der Waals surface area contributed by atoms with Crippen LogP contribution in [-0.4, -0.2) is 12.6 Å². The van der Waals surface area contributed by atoms with Crippen LogP contribution in [0.1, 0.15) is 25.5 Å². The summed E-state index contributed by atoms with van der Waals surface area (Å²) in [4.78, 5) is 0. The maximum atomic E-state index is 3.54. The Kier molecular flexibility index (Phi) is 2.23. The molecule has 0 saturated heterocycles. The van der Waals surface area contributed by atoms with E-state index in [0.717, 1.165) is 6.54 Å². The van der Waals surface area contributed by atoms with Gasteiger partial charge in [-0.25, -0.2) is 0 Å². The van der Waals surface area contributed by atoms with Crippen molar-refractivity contribution >= 4 is 5.69 Å². The minimum absolute atomic E-state index is 0.446. The first kappa shape index (κ1) is 8.57. The van der Waals surface area contributed by atoms with E-state index in [1.54, 1.807) is 0 Å². The number of hydrogen-bond acceptors (Lipinski definition) is 2. The molecule has 0 spiro atoms. The number of hydrogen-bond donors (Lipinski definition) is 2. The molecule has 1 aliphatic rings. The molecule has 0 bridgehead atoms. The van der Waals surface area contributed by atoms with Crippen molar-refractivity contribution in [3.05, 3.63) is 29.8 Å². The third-order valence-corrected chi connectivity index (χ3v) is 2.56. The highest BCUT2D eigenvalue weighted by atomic mass is 15.0. The zero-order valence-electron chi connectivity index (χ0n) is 8.17. The van der Waals surface area contributed by atoms with Gasteiger partial charge in [0, 0.05) is 24.3 Å². The van der Waals surface area contributed by atoms with Gasteiger partial charge in [0.25, 0.3) is 0 Å². The summed E-state index contributed by atoms with van der Waals surface area (Å²) in [5.74, 6) is 0. The predicted molar refractivity (Wildman–Crippen MR) is 55.9 cm³/mol. The first-order valence-electron chi connectivity index (χ1n) is 4.86. The summed E-state index contributed by atoms with van der Waals surface area (Å²) in [7, 11) is 0. The molecule has 0 aromatic heterocycles. The van der Waals surface area contributed by atoms with E-state index in [1.165, 1.54) is 11.3 Å². The van der Waals surface area contributed by atoms with Crippen LogP contribution in [-0.2, 0) is 0 Å². The minimum Gasteiger partial charge on any atom is -0.383 e. The van der Waals surface area contributed by atoms with E-state index < -0.39 is 0 Å². The number of nitrogens with one attached hydrogen (secondary N) is 2. The van der Waals surface area contributed by atoms with E-state index in [0.29, 0.717) is 12.1 Å². The maximum Gasteiger partial charge on any atom is 0.0389 e. The molecule has 0 fully saturated rings. The van der Waals surface area contributed by atoms with Crippen molar-refractivity contribution in [1.29, 1.82) is 0 Å². The highest BCUT2D eigenvalue weighted by Crippen LogP contribution is 2.24. The van der Waals surface area contributed by atoms with Crippen LogP contribution >= 0.6 is 0 Å². The molecule has 2 heteroatoms. The predicted octanol–water partition coefficient (Wildman–Crippen LogP) is 2.15. The van der Waals surface area contributed by atoms with E-state index in [1.807, 2.05) is 0 Å². The van der Waals surface area contributed by atoms with E-state index in [9.17, 15) is 0 Å². The van der Waals surface area contributed by atoms with Crippen molar-refractivity contribution in [2.75, 3.05) is 11.9 Å². The van der Waals surface area contributed by atoms with Crippen molar-refractivity contribution in [2.24, 2.45) is 0 Å². The Morgan fingerprint density at radius 3 is 2.85 bits per heavy atom. The van der Waals surface area contributed by atoms with Crippen LogP contribution in [0.3, 0.4) is 0 Å². The smallest absolute Gasteiger partial charge is 0.0389 e. The van der Waals surface area contributed by atoms with Crippen LogP contribution in [0, 0.1) is 0 Å². The summed E-state index contributed by atoms with van der Waals surface area (Å²) in [6.07, 6.45) is 0. The molecule has 2 rings (SSSR count). The third-order valence-electron chi connectivity index (χ3n) is 2.56. The Labute approximate surface area is 79.4 Å². The highest BCUT2D eigenvalue weighted by molar-refractivity contribution is 5.53. The number of fused-ring (bicyclic) bond motifs is 1. The standard InChI is InChI=1S/C11H16N2/c1-8-7-12-11-6-4-3-5-10(11)9(2)13-8/h3-6,8-9,12-13H,7H2,1-2H3/t8-,9+/m1/s1. The molecule has 2 N–H and O–H groups in total. The molecule has 1 aromatic carbocycles. The Bertz CT molecular complexity index is 296.